The van der Waals surface area contributed by atoms with Crippen LogP contribution in [0, 0.1) is 13.8 Å². The zero-order valence-electron chi connectivity index (χ0n) is 10.7. The fraction of sp³-hybridized carbons (Fsp3) is 0.615. The lowest BCUT2D eigenvalue weighted by Gasteiger charge is -2.22. The first-order valence-electron chi connectivity index (χ1n) is 5.89. The number of rotatable bonds is 5. The standard InChI is InChI=1S/C13H22N2O/c1-5-6-7-15(4)13-12(9-16)10(2)8-11(3)14-13/h8,16H,5-7,9H2,1-4H3. The second kappa shape index (κ2) is 5.85. The average Bonchev–Trinajstić information content (AvgIpc) is 2.24. The average molecular weight is 222 g/mol. The SMILES string of the molecule is CCCCN(C)c1nc(C)cc(C)c1CO. The molecular weight excluding hydrogens is 200 g/mol. The molecule has 0 aliphatic carbocycles. The first-order valence-corrected chi connectivity index (χ1v) is 5.89. The highest BCUT2D eigenvalue weighted by Gasteiger charge is 2.11. The van der Waals surface area contributed by atoms with Crippen molar-refractivity contribution in [3.8, 4) is 0 Å². The summed E-state index contributed by atoms with van der Waals surface area (Å²) in [4.78, 5) is 6.66. The summed E-state index contributed by atoms with van der Waals surface area (Å²) in [5.41, 5.74) is 3.07. The first-order chi connectivity index (χ1) is 7.60. The van der Waals surface area contributed by atoms with E-state index in [1.54, 1.807) is 0 Å². The van der Waals surface area contributed by atoms with E-state index in [-0.39, 0.29) is 6.61 Å². The van der Waals surface area contributed by atoms with Gasteiger partial charge in [-0.2, -0.15) is 0 Å². The molecule has 3 heteroatoms. The Labute approximate surface area is 98.1 Å². The molecular formula is C13H22N2O. The van der Waals surface area contributed by atoms with Gasteiger partial charge in [-0.1, -0.05) is 13.3 Å². The number of aliphatic hydroxyl groups excluding tert-OH is 1. The largest absolute Gasteiger partial charge is 0.392 e. The monoisotopic (exact) mass is 222 g/mol. The third-order valence-electron chi connectivity index (χ3n) is 2.82. The summed E-state index contributed by atoms with van der Waals surface area (Å²) in [6, 6.07) is 2.02. The Morgan fingerprint density at radius 2 is 2.06 bits per heavy atom. The predicted molar refractivity (Wildman–Crippen MR) is 67.8 cm³/mol. The molecule has 0 aromatic carbocycles. The lowest BCUT2D eigenvalue weighted by molar-refractivity contribution is 0.281. The number of hydrogen-bond acceptors (Lipinski definition) is 3. The molecule has 90 valence electrons. The van der Waals surface area contributed by atoms with Crippen LogP contribution in [0.2, 0.25) is 0 Å². The van der Waals surface area contributed by atoms with Crippen LogP contribution < -0.4 is 4.90 Å². The van der Waals surface area contributed by atoms with Crippen LogP contribution in [-0.2, 0) is 6.61 Å². The molecule has 0 spiro atoms. The summed E-state index contributed by atoms with van der Waals surface area (Å²) >= 11 is 0. The molecule has 0 bridgehead atoms. The molecule has 0 saturated carbocycles. The molecule has 16 heavy (non-hydrogen) atoms. The maximum atomic E-state index is 9.40. The van der Waals surface area contributed by atoms with Crippen molar-refractivity contribution in [1.29, 1.82) is 0 Å². The van der Waals surface area contributed by atoms with Gasteiger partial charge in [-0.25, -0.2) is 4.98 Å². The van der Waals surface area contributed by atoms with Gasteiger partial charge in [0.2, 0.25) is 0 Å². The minimum atomic E-state index is 0.0604. The van der Waals surface area contributed by atoms with E-state index in [2.05, 4.69) is 16.8 Å². The molecule has 0 unspecified atom stereocenters. The Morgan fingerprint density at radius 1 is 1.38 bits per heavy atom. The van der Waals surface area contributed by atoms with E-state index in [1.807, 2.05) is 27.0 Å². The van der Waals surface area contributed by atoms with Gasteiger partial charge in [0, 0.05) is 24.8 Å². The second-order valence-corrected chi connectivity index (χ2v) is 4.32. The third-order valence-corrected chi connectivity index (χ3v) is 2.82. The molecule has 0 saturated heterocycles. The number of hydrogen-bond donors (Lipinski definition) is 1. The highest BCUT2D eigenvalue weighted by molar-refractivity contribution is 5.50. The third kappa shape index (κ3) is 2.95. The Balaban J connectivity index is 3.00. The second-order valence-electron chi connectivity index (χ2n) is 4.32. The highest BCUT2D eigenvalue weighted by Crippen LogP contribution is 2.21. The van der Waals surface area contributed by atoms with Crippen LogP contribution in [0.3, 0.4) is 0 Å². The van der Waals surface area contributed by atoms with Crippen LogP contribution in [0.15, 0.2) is 6.07 Å². The van der Waals surface area contributed by atoms with Crippen LogP contribution in [0.4, 0.5) is 5.82 Å². The molecule has 0 amide bonds. The van der Waals surface area contributed by atoms with E-state index < -0.39 is 0 Å². The smallest absolute Gasteiger partial charge is 0.134 e. The van der Waals surface area contributed by atoms with Gasteiger partial charge in [0.05, 0.1) is 6.61 Å². The van der Waals surface area contributed by atoms with E-state index in [9.17, 15) is 5.11 Å². The molecule has 3 nitrogen and oxygen atoms in total. The molecule has 0 aliphatic heterocycles. The van der Waals surface area contributed by atoms with Crippen LogP contribution in [-0.4, -0.2) is 23.7 Å². The maximum Gasteiger partial charge on any atom is 0.134 e. The van der Waals surface area contributed by atoms with Gasteiger partial charge < -0.3 is 10.0 Å². The normalized spacial score (nSPS) is 10.6. The van der Waals surface area contributed by atoms with Crippen molar-refractivity contribution in [2.45, 2.75) is 40.2 Å². The van der Waals surface area contributed by atoms with E-state index in [4.69, 9.17) is 0 Å². The number of nitrogens with zero attached hydrogens (tertiary/aromatic N) is 2. The molecule has 0 fully saturated rings. The molecule has 1 heterocycles. The van der Waals surface area contributed by atoms with E-state index >= 15 is 0 Å². The van der Waals surface area contributed by atoms with E-state index in [0.29, 0.717) is 0 Å². The quantitative estimate of drug-likeness (QED) is 0.831. The van der Waals surface area contributed by atoms with Crippen molar-refractivity contribution < 1.29 is 5.11 Å². The van der Waals surface area contributed by atoms with Gasteiger partial charge in [-0.15, -0.1) is 0 Å². The lowest BCUT2D eigenvalue weighted by Crippen LogP contribution is -2.22. The zero-order valence-corrected chi connectivity index (χ0v) is 10.7. The lowest BCUT2D eigenvalue weighted by atomic mass is 10.1. The van der Waals surface area contributed by atoms with Gasteiger partial charge in [-0.3, -0.25) is 0 Å². The zero-order chi connectivity index (χ0) is 12.1. The predicted octanol–water partition coefficient (Wildman–Crippen LogP) is 2.43. The van der Waals surface area contributed by atoms with Crippen molar-refractivity contribution in [1.82, 2.24) is 4.98 Å². The minimum Gasteiger partial charge on any atom is -0.392 e. The number of unbranched alkanes of at least 4 members (excludes halogenated alkanes) is 1. The Hall–Kier alpha value is -1.09. The van der Waals surface area contributed by atoms with Crippen LogP contribution in [0.25, 0.3) is 0 Å². The van der Waals surface area contributed by atoms with Crippen molar-refractivity contribution in [2.24, 2.45) is 0 Å². The van der Waals surface area contributed by atoms with Gasteiger partial charge in [0.15, 0.2) is 0 Å². The minimum absolute atomic E-state index is 0.0604. The molecule has 0 radical (unpaired) electrons. The van der Waals surface area contributed by atoms with Crippen molar-refractivity contribution >= 4 is 5.82 Å². The van der Waals surface area contributed by atoms with Crippen LogP contribution in [0.5, 0.6) is 0 Å². The van der Waals surface area contributed by atoms with Gasteiger partial charge in [0.1, 0.15) is 5.82 Å². The Morgan fingerprint density at radius 3 is 2.62 bits per heavy atom. The maximum absolute atomic E-state index is 9.40. The summed E-state index contributed by atoms with van der Waals surface area (Å²) in [6.07, 6.45) is 2.32. The molecule has 0 aliphatic rings. The van der Waals surface area contributed by atoms with Crippen molar-refractivity contribution in [3.05, 3.63) is 22.9 Å². The van der Waals surface area contributed by atoms with Crippen LogP contribution in [0.1, 0.15) is 36.6 Å². The van der Waals surface area contributed by atoms with Gasteiger partial charge >= 0.3 is 0 Å². The first kappa shape index (κ1) is 13.0. The van der Waals surface area contributed by atoms with Crippen molar-refractivity contribution in [3.63, 3.8) is 0 Å². The Bertz CT molecular complexity index is 350. The summed E-state index contributed by atoms with van der Waals surface area (Å²) in [7, 11) is 2.04. The molecule has 1 rings (SSSR count). The molecule has 0 atom stereocenters. The van der Waals surface area contributed by atoms with Crippen LogP contribution >= 0.6 is 0 Å². The summed E-state index contributed by atoms with van der Waals surface area (Å²) < 4.78 is 0. The van der Waals surface area contributed by atoms with Crippen molar-refractivity contribution in [2.75, 3.05) is 18.5 Å². The topological polar surface area (TPSA) is 36.4 Å². The number of aryl methyl sites for hydroxylation is 2. The van der Waals surface area contributed by atoms with E-state index in [0.717, 1.165) is 35.6 Å². The number of aromatic nitrogens is 1. The Kier molecular flexibility index (Phi) is 4.74. The fourth-order valence-electron chi connectivity index (χ4n) is 1.86. The fourth-order valence-corrected chi connectivity index (χ4v) is 1.86. The highest BCUT2D eigenvalue weighted by atomic mass is 16.3. The molecule has 1 aromatic rings. The number of aliphatic hydroxyl groups is 1. The number of pyridine rings is 1. The number of anilines is 1. The summed E-state index contributed by atoms with van der Waals surface area (Å²) in [5, 5.41) is 9.40. The van der Waals surface area contributed by atoms with Gasteiger partial charge in [0.25, 0.3) is 0 Å². The molecule has 1 aromatic heterocycles. The summed E-state index contributed by atoms with van der Waals surface area (Å²) in [6.45, 7) is 7.24. The summed E-state index contributed by atoms with van der Waals surface area (Å²) in [5.74, 6) is 0.924. The van der Waals surface area contributed by atoms with Gasteiger partial charge in [-0.05, 0) is 31.9 Å². The van der Waals surface area contributed by atoms with E-state index in [1.165, 1.54) is 6.42 Å². The molecule has 1 N–H and O–H groups in total.